The maximum Gasteiger partial charge on any atom is 0.153 e. The van der Waals surface area contributed by atoms with Crippen molar-refractivity contribution in [3.63, 3.8) is 0 Å². The first-order valence-corrected chi connectivity index (χ1v) is 12.2. The number of phenolic OH excluding ortho intramolecular Hbond substituents is 1. The average molecular weight is 480 g/mol. The number of hydrogen-bond donors (Lipinski definition) is 1. The zero-order valence-electron chi connectivity index (χ0n) is 23.0. The minimum Gasteiger partial charge on any atom is -0.508 e. The summed E-state index contributed by atoms with van der Waals surface area (Å²) in [6, 6.07) is 11.2. The lowest BCUT2D eigenvalue weighted by molar-refractivity contribution is 0.183. The minimum atomic E-state index is -0.263. The van der Waals surface area contributed by atoms with Crippen molar-refractivity contribution in [2.75, 3.05) is 33.4 Å². The molecular weight excluding hydrogens is 446 g/mol. The maximum absolute atomic E-state index is 10.0. The molecule has 0 saturated carbocycles. The topological polar surface area (TPSA) is 51.2 Å². The summed E-state index contributed by atoms with van der Waals surface area (Å²) < 4.78 is 51.8. The van der Waals surface area contributed by atoms with E-state index >= 15 is 0 Å². The molecular formula is C28H29NO4S. The summed E-state index contributed by atoms with van der Waals surface area (Å²) >= 11 is 1.24. The molecule has 0 bridgehead atoms. The van der Waals surface area contributed by atoms with Crippen molar-refractivity contribution in [3.8, 4) is 39.2 Å². The third kappa shape index (κ3) is 5.13. The lowest BCUT2D eigenvalue weighted by Crippen LogP contribution is -2.33. The van der Waals surface area contributed by atoms with Crippen LogP contribution in [-0.4, -0.2) is 43.4 Å². The Kier molecular flexibility index (Phi) is 5.53. The van der Waals surface area contributed by atoms with Crippen LogP contribution in [-0.2, 0) is 0 Å². The molecule has 0 radical (unpaired) electrons. The fraction of sp³-hybridized carbons (Fsp3) is 0.286. The number of hydrogen-bond acceptors (Lipinski definition) is 6. The molecule has 1 aliphatic heterocycles. The first-order chi connectivity index (χ1) is 18.4. The highest BCUT2D eigenvalue weighted by atomic mass is 32.1. The molecule has 1 aliphatic rings. The van der Waals surface area contributed by atoms with Crippen molar-refractivity contribution in [2.24, 2.45) is 0 Å². The second-order valence-corrected chi connectivity index (χ2v) is 9.23. The third-order valence-electron chi connectivity index (χ3n) is 5.83. The molecule has 176 valence electrons. The Bertz CT molecular complexity index is 1420. The van der Waals surface area contributed by atoms with Crippen molar-refractivity contribution in [3.05, 3.63) is 66.6 Å². The number of ether oxygens (including phenoxy) is 3. The normalized spacial score (nSPS) is 15.9. The molecule has 1 N–H and O–H groups in total. The molecule has 0 unspecified atom stereocenters. The van der Waals surface area contributed by atoms with Crippen LogP contribution in [0.15, 0.2) is 66.6 Å². The van der Waals surface area contributed by atoms with Gasteiger partial charge in [-0.2, -0.15) is 0 Å². The number of methoxy groups -OCH3 is 1. The summed E-state index contributed by atoms with van der Waals surface area (Å²) in [7, 11) is 1.32. The van der Waals surface area contributed by atoms with Crippen LogP contribution in [0.25, 0.3) is 20.5 Å². The second-order valence-electron chi connectivity index (χ2n) is 8.17. The molecule has 0 amide bonds. The Labute approximate surface area is 209 Å². The minimum absolute atomic E-state index is 0.0807. The summed E-state index contributed by atoms with van der Waals surface area (Å²) in [4.78, 5) is 2.86. The van der Waals surface area contributed by atoms with E-state index in [1.807, 2.05) is 12.1 Å². The van der Waals surface area contributed by atoms with Gasteiger partial charge in [-0.15, -0.1) is 11.3 Å². The maximum atomic E-state index is 10.0. The zero-order valence-corrected chi connectivity index (χ0v) is 19.8. The van der Waals surface area contributed by atoms with Gasteiger partial charge in [-0.1, -0.05) is 6.42 Å². The monoisotopic (exact) mass is 479 g/mol. The van der Waals surface area contributed by atoms with Crippen molar-refractivity contribution in [1.82, 2.24) is 4.90 Å². The van der Waals surface area contributed by atoms with Crippen LogP contribution >= 0.6 is 11.3 Å². The largest absolute Gasteiger partial charge is 0.508 e. The van der Waals surface area contributed by atoms with E-state index in [-0.39, 0.29) is 41.2 Å². The first kappa shape index (κ1) is 18.2. The summed E-state index contributed by atoms with van der Waals surface area (Å²) in [6.45, 7) is 3.77. The van der Waals surface area contributed by atoms with Crippen LogP contribution in [0, 0.1) is 0 Å². The van der Waals surface area contributed by atoms with Crippen LogP contribution in [0.3, 0.4) is 0 Å². The van der Waals surface area contributed by atoms with Crippen molar-refractivity contribution in [1.29, 1.82) is 0 Å². The predicted molar refractivity (Wildman–Crippen MR) is 138 cm³/mol. The lowest BCUT2D eigenvalue weighted by atomic mass is 10.1. The Hall–Kier alpha value is -3.22. The number of phenols is 1. The van der Waals surface area contributed by atoms with E-state index in [9.17, 15) is 5.11 Å². The highest BCUT2D eigenvalue weighted by Gasteiger charge is 2.17. The van der Waals surface area contributed by atoms with Gasteiger partial charge in [0.15, 0.2) is 5.75 Å². The fourth-order valence-electron chi connectivity index (χ4n) is 4.04. The molecule has 1 saturated heterocycles. The molecule has 0 spiro atoms. The number of fused-ring (bicyclic) bond motifs is 1. The Morgan fingerprint density at radius 1 is 0.941 bits per heavy atom. The molecule has 5 rings (SSSR count). The van der Waals surface area contributed by atoms with Gasteiger partial charge in [0.1, 0.15) is 29.6 Å². The van der Waals surface area contributed by atoms with Crippen LogP contribution in [0.2, 0.25) is 0 Å². The van der Waals surface area contributed by atoms with Crippen LogP contribution in [0.1, 0.15) is 24.7 Å². The third-order valence-corrected chi connectivity index (χ3v) is 6.98. The van der Waals surface area contributed by atoms with Gasteiger partial charge in [0.05, 0.1) is 17.5 Å². The molecule has 6 heteroatoms. The van der Waals surface area contributed by atoms with Crippen LogP contribution in [0.4, 0.5) is 0 Å². The van der Waals surface area contributed by atoms with Gasteiger partial charge >= 0.3 is 0 Å². The number of rotatable bonds is 8. The summed E-state index contributed by atoms with van der Waals surface area (Å²) in [5, 5.41) is 10.7. The van der Waals surface area contributed by atoms with E-state index in [0.29, 0.717) is 33.1 Å². The molecule has 1 fully saturated rings. The summed E-state index contributed by atoms with van der Waals surface area (Å²) in [6.07, 6.45) is 3.80. The predicted octanol–water partition coefficient (Wildman–Crippen LogP) is 6.94. The number of benzene rings is 3. The molecule has 34 heavy (non-hydrogen) atoms. The molecule has 0 aliphatic carbocycles. The van der Waals surface area contributed by atoms with E-state index in [0.717, 1.165) is 25.4 Å². The van der Waals surface area contributed by atoms with Gasteiger partial charge in [0, 0.05) is 16.6 Å². The number of nitrogens with zero attached hydrogens (tertiary/aromatic N) is 1. The SMILES string of the molecule is [2H]c1c([2H])c(-c2sc3cc(O)ccc3c2Oc2ccc(OCCN3CCCCC3)cc2)c([2H])c([2H])c1OC. The number of thiophene rings is 1. The van der Waals surface area contributed by atoms with E-state index in [1.54, 1.807) is 30.3 Å². The number of likely N-dealkylation sites (tertiary alicyclic amines) is 1. The van der Waals surface area contributed by atoms with E-state index in [2.05, 4.69) is 4.90 Å². The molecule has 5 nitrogen and oxygen atoms in total. The molecule has 4 aromatic rings. The standard InChI is InChI=1S/C28H29NO4S/c1-31-22-8-5-20(6-9-22)28-27(25-14-7-21(30)19-26(25)34-28)33-24-12-10-23(11-13-24)32-18-17-29-15-3-2-4-16-29/h5-14,19,30H,2-4,15-18H2,1H3/i5D,6D,8D,9D. The number of aromatic hydroxyl groups is 1. The number of piperidine rings is 1. The Morgan fingerprint density at radius 3 is 2.41 bits per heavy atom. The molecule has 1 aromatic heterocycles. The quantitative estimate of drug-likeness (QED) is 0.297. The van der Waals surface area contributed by atoms with Gasteiger partial charge in [-0.05, 0) is 98.1 Å². The Morgan fingerprint density at radius 2 is 1.68 bits per heavy atom. The fourth-order valence-corrected chi connectivity index (χ4v) is 5.16. The highest BCUT2D eigenvalue weighted by molar-refractivity contribution is 7.22. The first-order valence-electron chi connectivity index (χ1n) is 13.4. The van der Waals surface area contributed by atoms with E-state index in [1.165, 1.54) is 37.7 Å². The van der Waals surface area contributed by atoms with Crippen LogP contribution < -0.4 is 14.2 Å². The van der Waals surface area contributed by atoms with Crippen molar-refractivity contribution < 1.29 is 24.8 Å². The molecule has 2 heterocycles. The Balaban J connectivity index is 1.45. The van der Waals surface area contributed by atoms with Gasteiger partial charge in [-0.3, -0.25) is 4.90 Å². The van der Waals surface area contributed by atoms with Gasteiger partial charge in [0.25, 0.3) is 0 Å². The van der Waals surface area contributed by atoms with Crippen molar-refractivity contribution >= 4 is 21.4 Å². The van der Waals surface area contributed by atoms with E-state index in [4.69, 9.17) is 19.7 Å². The summed E-state index contributed by atoms with van der Waals surface area (Å²) in [5.41, 5.74) is 0.120. The summed E-state index contributed by atoms with van der Waals surface area (Å²) in [5.74, 6) is 1.64. The van der Waals surface area contributed by atoms with Gasteiger partial charge in [0.2, 0.25) is 0 Å². The van der Waals surface area contributed by atoms with Gasteiger partial charge < -0.3 is 19.3 Å². The van der Waals surface area contributed by atoms with E-state index < -0.39 is 0 Å². The molecule has 3 aromatic carbocycles. The smallest absolute Gasteiger partial charge is 0.153 e. The second kappa shape index (κ2) is 10.4. The zero-order chi connectivity index (χ0) is 26.8. The van der Waals surface area contributed by atoms with Crippen LogP contribution in [0.5, 0.6) is 28.7 Å². The van der Waals surface area contributed by atoms with Crippen molar-refractivity contribution in [2.45, 2.75) is 19.3 Å². The highest BCUT2D eigenvalue weighted by Crippen LogP contribution is 2.47. The lowest BCUT2D eigenvalue weighted by Gasteiger charge is -2.26. The molecule has 0 atom stereocenters. The average Bonchev–Trinajstić information content (AvgIpc) is 3.26. The van der Waals surface area contributed by atoms with Gasteiger partial charge in [-0.25, -0.2) is 0 Å².